The van der Waals surface area contributed by atoms with Gasteiger partial charge in [0.15, 0.2) is 29.8 Å². The van der Waals surface area contributed by atoms with Gasteiger partial charge in [0.05, 0.1) is 33.0 Å². The summed E-state index contributed by atoms with van der Waals surface area (Å²) in [5.74, 6) is -1.57. The molecule has 55 heavy (non-hydrogen) atoms. The lowest BCUT2D eigenvalue weighted by atomic mass is 9.97. The van der Waals surface area contributed by atoms with Crippen LogP contribution < -0.4 is 19.6 Å². The van der Waals surface area contributed by atoms with Crippen molar-refractivity contribution in [2.24, 2.45) is 0 Å². The van der Waals surface area contributed by atoms with E-state index in [0.717, 1.165) is 6.07 Å². The van der Waals surface area contributed by atoms with Crippen LogP contribution in [0.1, 0.15) is 13.8 Å². The summed E-state index contributed by atoms with van der Waals surface area (Å²) < 4.78 is 50.4. The second-order valence-electron chi connectivity index (χ2n) is 13.4. The van der Waals surface area contributed by atoms with Gasteiger partial charge >= 0.3 is 0 Å². The number of aromatic hydroxyl groups is 2. The van der Waals surface area contributed by atoms with E-state index in [0.29, 0.717) is 0 Å². The number of aliphatic hydroxyl groups is 8. The summed E-state index contributed by atoms with van der Waals surface area (Å²) in [5.41, 5.74) is -0.961. The molecule has 3 aromatic rings. The number of fused-ring (bicyclic) bond motifs is 1. The Labute approximate surface area is 311 Å². The second kappa shape index (κ2) is 16.3. The van der Waals surface area contributed by atoms with Crippen LogP contribution in [0.3, 0.4) is 0 Å². The van der Waals surface area contributed by atoms with Gasteiger partial charge in [0.25, 0.3) is 0 Å². The van der Waals surface area contributed by atoms with E-state index in [-0.39, 0.29) is 39.5 Å². The Morgan fingerprint density at radius 1 is 0.673 bits per heavy atom. The van der Waals surface area contributed by atoms with Gasteiger partial charge in [-0.1, -0.05) is 0 Å². The van der Waals surface area contributed by atoms with Crippen LogP contribution in [0, 0.1) is 0 Å². The molecule has 304 valence electrons. The third-order valence-electron chi connectivity index (χ3n) is 9.79. The van der Waals surface area contributed by atoms with Crippen LogP contribution in [-0.4, -0.2) is 164 Å². The zero-order valence-electron chi connectivity index (χ0n) is 29.8. The van der Waals surface area contributed by atoms with Gasteiger partial charge in [-0.2, -0.15) is 0 Å². The second-order valence-corrected chi connectivity index (χ2v) is 13.4. The number of phenolic OH excluding ortho intramolecular Hbond substituents is 2. The molecule has 0 bridgehead atoms. The lowest BCUT2D eigenvalue weighted by Crippen LogP contribution is -2.64. The molecule has 3 aliphatic rings. The fraction of sp³-hybridized carbons (Fsp3) is 0.571. The molecular weight excluding hydrogens is 740 g/mol. The molecule has 1 aromatic heterocycles. The van der Waals surface area contributed by atoms with Crippen molar-refractivity contribution >= 4 is 11.0 Å². The van der Waals surface area contributed by atoms with Crippen LogP contribution in [-0.2, 0) is 23.7 Å². The van der Waals surface area contributed by atoms with E-state index in [1.54, 1.807) is 0 Å². The van der Waals surface area contributed by atoms with E-state index in [2.05, 4.69) is 0 Å². The summed E-state index contributed by atoms with van der Waals surface area (Å²) in [6, 6.07) is 6.41. The molecular formula is C35H44O20. The Hall–Kier alpha value is -3.87. The summed E-state index contributed by atoms with van der Waals surface area (Å²) >= 11 is 0. The number of benzene rings is 2. The van der Waals surface area contributed by atoms with Gasteiger partial charge in [0, 0.05) is 17.7 Å². The third kappa shape index (κ3) is 7.79. The lowest BCUT2D eigenvalue weighted by Gasteiger charge is -2.46. The normalized spacial score (nSPS) is 36.8. The van der Waals surface area contributed by atoms with Crippen molar-refractivity contribution < 1.29 is 93.4 Å². The van der Waals surface area contributed by atoms with Crippen LogP contribution in [0.15, 0.2) is 39.5 Å². The minimum Gasteiger partial charge on any atom is -0.507 e. The van der Waals surface area contributed by atoms with Crippen molar-refractivity contribution in [2.45, 2.75) is 106 Å². The number of ether oxygens (including phenoxy) is 8. The smallest absolute Gasteiger partial charge is 0.239 e. The largest absolute Gasteiger partial charge is 0.507 e. The van der Waals surface area contributed by atoms with Crippen molar-refractivity contribution in [3.63, 3.8) is 0 Å². The molecule has 4 heterocycles. The predicted molar refractivity (Wildman–Crippen MR) is 181 cm³/mol. The Morgan fingerprint density at radius 3 is 2.02 bits per heavy atom. The van der Waals surface area contributed by atoms with E-state index < -0.39 is 116 Å². The first-order valence-electron chi connectivity index (χ1n) is 17.2. The maximum Gasteiger partial charge on any atom is 0.239 e. The lowest BCUT2D eigenvalue weighted by molar-refractivity contribution is -0.358. The molecule has 0 saturated carbocycles. The number of aliphatic hydroxyl groups excluding tert-OH is 8. The fourth-order valence-corrected chi connectivity index (χ4v) is 6.53. The monoisotopic (exact) mass is 784 g/mol. The van der Waals surface area contributed by atoms with Gasteiger partial charge in [0.1, 0.15) is 83.5 Å². The molecule has 3 saturated heterocycles. The van der Waals surface area contributed by atoms with Gasteiger partial charge in [-0.3, -0.25) is 4.79 Å². The predicted octanol–water partition coefficient (Wildman–Crippen LogP) is -2.23. The first kappa shape index (κ1) is 40.8. The Balaban J connectivity index is 1.25. The van der Waals surface area contributed by atoms with Crippen molar-refractivity contribution in [2.75, 3.05) is 20.8 Å². The van der Waals surface area contributed by atoms with Gasteiger partial charge < -0.3 is 93.4 Å². The quantitative estimate of drug-likeness (QED) is 0.104. The summed E-state index contributed by atoms with van der Waals surface area (Å²) in [7, 11) is 2.62. The molecule has 0 aliphatic carbocycles. The molecule has 0 radical (unpaired) electrons. The number of methoxy groups -OCH3 is 2. The molecule has 15 atom stereocenters. The molecule has 3 fully saturated rings. The van der Waals surface area contributed by atoms with Crippen molar-refractivity contribution in [3.8, 4) is 40.1 Å². The van der Waals surface area contributed by atoms with Crippen molar-refractivity contribution in [3.05, 3.63) is 40.6 Å². The van der Waals surface area contributed by atoms with Crippen LogP contribution in [0.5, 0.6) is 28.7 Å². The highest BCUT2D eigenvalue weighted by molar-refractivity contribution is 5.88. The van der Waals surface area contributed by atoms with Crippen LogP contribution >= 0.6 is 0 Å². The average Bonchev–Trinajstić information content (AvgIpc) is 3.16. The average molecular weight is 785 g/mol. The zero-order chi connectivity index (χ0) is 40.0. The van der Waals surface area contributed by atoms with E-state index in [1.165, 1.54) is 52.3 Å². The van der Waals surface area contributed by atoms with Gasteiger partial charge in [0.2, 0.25) is 17.5 Å². The molecule has 2 aromatic carbocycles. The number of phenols is 2. The van der Waals surface area contributed by atoms with E-state index >= 15 is 0 Å². The maximum atomic E-state index is 14.0. The number of hydrogen-bond acceptors (Lipinski definition) is 20. The summed E-state index contributed by atoms with van der Waals surface area (Å²) in [5, 5.41) is 106. The van der Waals surface area contributed by atoms with Gasteiger partial charge in [-0.25, -0.2) is 0 Å². The van der Waals surface area contributed by atoms with Gasteiger partial charge in [-0.15, -0.1) is 0 Å². The number of hydrogen-bond donors (Lipinski definition) is 10. The zero-order valence-corrected chi connectivity index (χ0v) is 29.8. The highest BCUT2D eigenvalue weighted by Gasteiger charge is 2.51. The highest BCUT2D eigenvalue weighted by atomic mass is 16.7. The Morgan fingerprint density at radius 2 is 1.33 bits per heavy atom. The number of rotatable bonds is 10. The minimum absolute atomic E-state index is 0.0145. The van der Waals surface area contributed by atoms with Crippen molar-refractivity contribution in [1.29, 1.82) is 0 Å². The topological polar surface area (TPSA) is 306 Å². The van der Waals surface area contributed by atoms with E-state index in [1.807, 2.05) is 0 Å². The Kier molecular flexibility index (Phi) is 12.1. The summed E-state index contributed by atoms with van der Waals surface area (Å²) in [4.78, 5) is 14.0. The molecule has 0 spiro atoms. The minimum atomic E-state index is -1.99. The molecule has 7 unspecified atom stereocenters. The molecule has 3 aliphatic heterocycles. The highest BCUT2D eigenvalue weighted by Crippen LogP contribution is 2.40. The molecule has 10 N–H and O–H groups in total. The summed E-state index contributed by atoms with van der Waals surface area (Å²) in [6.07, 6.45) is -24.2. The van der Waals surface area contributed by atoms with Crippen molar-refractivity contribution in [1.82, 2.24) is 0 Å². The van der Waals surface area contributed by atoms with Crippen LogP contribution in [0.25, 0.3) is 22.3 Å². The molecule has 20 heteroatoms. The molecule has 20 nitrogen and oxygen atoms in total. The Bertz CT molecular complexity index is 1870. The summed E-state index contributed by atoms with van der Waals surface area (Å²) in [6.45, 7) is 2.17. The SMILES string of the molecule is COc1cc(O)c2c(=O)c(O[C@@H]3OC(CO[C@@H]4OC(C)[C@H](O)[C@H](O[C@@H]5OC(C)[C@H](O)[C@H](O)C5O)C4O)[C@H](O)C(O)C3O)c(-c3ccc(O)c(OC)c3)oc2c1. The van der Waals surface area contributed by atoms with E-state index in [9.17, 15) is 55.9 Å². The third-order valence-corrected chi connectivity index (χ3v) is 9.79. The standard InChI is InChI=1S/C35H44O20/c1-11-21(38)25(42)27(44)34(51-11)54-31-22(39)12(2)50-33(29(31)46)49-10-19-23(40)26(43)28(45)35(53-19)55-32-24(41)20-16(37)8-14(47-3)9-18(20)52-30(32)13-5-6-15(36)17(7-13)48-4/h5-9,11-12,19,21-23,25-29,31,33-40,42-46H,10H2,1-4H3/t11?,12?,19?,21-,22-,23-,25-,26?,27?,28?,29?,31-,33+,34-,35-/m0/s1. The van der Waals surface area contributed by atoms with E-state index in [4.69, 9.17) is 42.3 Å². The molecule has 0 amide bonds. The maximum absolute atomic E-state index is 14.0. The van der Waals surface area contributed by atoms with Gasteiger partial charge in [-0.05, 0) is 32.0 Å². The van der Waals surface area contributed by atoms with Crippen LogP contribution in [0.4, 0.5) is 0 Å². The first-order chi connectivity index (χ1) is 26.1. The van der Waals surface area contributed by atoms with Crippen LogP contribution in [0.2, 0.25) is 0 Å². The fourth-order valence-electron chi connectivity index (χ4n) is 6.53. The first-order valence-corrected chi connectivity index (χ1v) is 17.2. The molecule has 6 rings (SSSR count).